The average molecular weight is 508 g/mol. The largest absolute Gasteiger partial charge is 0.493 e. The predicted octanol–water partition coefficient (Wildman–Crippen LogP) is 6.11. The Morgan fingerprint density at radius 1 is 1.07 bits per heavy atom. The number of hydrogen-bond donors (Lipinski definition) is 1. The van der Waals surface area contributed by atoms with E-state index in [4.69, 9.17) is 32.7 Å². The second-order valence-corrected chi connectivity index (χ2v) is 7.80. The zero-order valence-electron chi connectivity index (χ0n) is 15.9. The number of ether oxygens (including phenoxy) is 2. The van der Waals surface area contributed by atoms with Crippen LogP contribution in [0, 0.1) is 0 Å². The predicted molar refractivity (Wildman–Crippen MR) is 123 cm³/mol. The van der Waals surface area contributed by atoms with Gasteiger partial charge in [-0.25, -0.2) is 5.43 Å². The van der Waals surface area contributed by atoms with Crippen molar-refractivity contribution in [1.29, 1.82) is 0 Å². The Bertz CT molecular complexity index is 1080. The summed E-state index contributed by atoms with van der Waals surface area (Å²) in [5, 5.41) is 4.97. The topological polar surface area (TPSA) is 59.9 Å². The van der Waals surface area contributed by atoms with E-state index in [2.05, 4.69) is 26.5 Å². The lowest BCUT2D eigenvalue weighted by molar-refractivity contribution is 0.0955. The Labute approximate surface area is 192 Å². The number of rotatable bonds is 7. The van der Waals surface area contributed by atoms with Crippen molar-refractivity contribution in [1.82, 2.24) is 5.43 Å². The highest BCUT2D eigenvalue weighted by Crippen LogP contribution is 2.34. The lowest BCUT2D eigenvalue weighted by atomic mass is 10.2. The zero-order chi connectivity index (χ0) is 21.5. The van der Waals surface area contributed by atoms with Crippen molar-refractivity contribution in [2.75, 3.05) is 7.11 Å². The summed E-state index contributed by atoms with van der Waals surface area (Å²) in [4.78, 5) is 12.1. The Morgan fingerprint density at radius 3 is 2.53 bits per heavy atom. The Kier molecular flexibility index (Phi) is 7.74. The van der Waals surface area contributed by atoms with Crippen molar-refractivity contribution >= 4 is 51.3 Å². The molecule has 1 amide bonds. The van der Waals surface area contributed by atoms with Crippen LogP contribution in [0.2, 0.25) is 10.0 Å². The average Bonchev–Trinajstić information content (AvgIpc) is 2.76. The number of amides is 1. The van der Waals surface area contributed by atoms with Crippen LogP contribution in [-0.2, 0) is 6.61 Å². The van der Waals surface area contributed by atoms with Gasteiger partial charge >= 0.3 is 0 Å². The zero-order valence-corrected chi connectivity index (χ0v) is 19.0. The Morgan fingerprint density at radius 2 is 1.83 bits per heavy atom. The van der Waals surface area contributed by atoms with Crippen LogP contribution in [0.3, 0.4) is 0 Å². The second-order valence-electron chi connectivity index (χ2n) is 6.13. The lowest BCUT2D eigenvalue weighted by Crippen LogP contribution is -2.17. The Hall–Kier alpha value is -2.54. The summed E-state index contributed by atoms with van der Waals surface area (Å²) in [6.45, 7) is 0.292. The van der Waals surface area contributed by atoms with Gasteiger partial charge in [-0.15, -0.1) is 0 Å². The van der Waals surface area contributed by atoms with Crippen LogP contribution in [0.5, 0.6) is 11.5 Å². The molecule has 5 nitrogen and oxygen atoms in total. The van der Waals surface area contributed by atoms with Crippen molar-refractivity contribution in [3.63, 3.8) is 0 Å². The van der Waals surface area contributed by atoms with Crippen LogP contribution in [0.4, 0.5) is 0 Å². The second kappa shape index (κ2) is 10.5. The van der Waals surface area contributed by atoms with Gasteiger partial charge in [0.2, 0.25) is 0 Å². The quantitative estimate of drug-likeness (QED) is 0.310. The van der Waals surface area contributed by atoms with Crippen molar-refractivity contribution in [3.05, 3.63) is 91.9 Å². The van der Waals surface area contributed by atoms with E-state index in [0.29, 0.717) is 39.3 Å². The molecule has 0 aliphatic rings. The molecule has 0 aliphatic carbocycles. The number of hydrazone groups is 1. The fourth-order valence-corrected chi connectivity index (χ4v) is 3.27. The molecule has 30 heavy (non-hydrogen) atoms. The number of carbonyl (C=O) groups is 1. The molecular weight excluding hydrogens is 491 g/mol. The van der Waals surface area contributed by atoms with E-state index >= 15 is 0 Å². The fourth-order valence-electron chi connectivity index (χ4n) is 2.53. The Balaban J connectivity index is 1.70. The summed E-state index contributed by atoms with van der Waals surface area (Å²) in [6, 6.07) is 17.7. The standard InChI is InChI=1S/C22H17BrCl2N2O3/c1-29-20-10-16(12-26-27-22(28)15-5-3-2-4-6-15)17(23)11-21(20)30-13-14-7-8-18(24)19(25)9-14/h2-12H,13H2,1H3,(H,27,28)/b26-12+. The molecule has 3 aromatic rings. The third kappa shape index (κ3) is 5.75. The van der Waals surface area contributed by atoms with Crippen LogP contribution in [-0.4, -0.2) is 19.2 Å². The van der Waals surface area contributed by atoms with Gasteiger partial charge in [-0.2, -0.15) is 5.10 Å². The number of methoxy groups -OCH3 is 1. The summed E-state index contributed by atoms with van der Waals surface area (Å²) in [5.74, 6) is 0.770. The van der Waals surface area contributed by atoms with Gasteiger partial charge in [0.05, 0.1) is 23.4 Å². The molecule has 0 atom stereocenters. The molecule has 0 aliphatic heterocycles. The smallest absolute Gasteiger partial charge is 0.271 e. The number of carbonyl (C=O) groups excluding carboxylic acids is 1. The molecule has 0 aromatic heterocycles. The van der Waals surface area contributed by atoms with Gasteiger partial charge in [0, 0.05) is 15.6 Å². The molecule has 0 radical (unpaired) electrons. The monoisotopic (exact) mass is 506 g/mol. The van der Waals surface area contributed by atoms with Crippen LogP contribution < -0.4 is 14.9 Å². The number of nitrogens with one attached hydrogen (secondary N) is 1. The molecule has 0 unspecified atom stereocenters. The van der Waals surface area contributed by atoms with E-state index in [1.807, 2.05) is 12.1 Å². The van der Waals surface area contributed by atoms with Crippen molar-refractivity contribution in [3.8, 4) is 11.5 Å². The van der Waals surface area contributed by atoms with Gasteiger partial charge in [-0.05, 0) is 57.9 Å². The van der Waals surface area contributed by atoms with Crippen LogP contribution >= 0.6 is 39.1 Å². The van der Waals surface area contributed by atoms with Crippen molar-refractivity contribution in [2.24, 2.45) is 5.10 Å². The SMILES string of the molecule is COc1cc(/C=N/NC(=O)c2ccccc2)c(Br)cc1OCc1ccc(Cl)c(Cl)c1. The molecule has 0 fully saturated rings. The first kappa shape index (κ1) is 22.2. The summed E-state index contributed by atoms with van der Waals surface area (Å²) in [5.41, 5.74) is 4.61. The molecule has 3 rings (SSSR count). The highest BCUT2D eigenvalue weighted by Gasteiger charge is 2.11. The maximum absolute atomic E-state index is 12.1. The third-order valence-electron chi connectivity index (χ3n) is 4.07. The van der Waals surface area contributed by atoms with E-state index < -0.39 is 0 Å². The molecular formula is C22H17BrCl2N2O3. The van der Waals surface area contributed by atoms with E-state index in [9.17, 15) is 4.79 Å². The fraction of sp³-hybridized carbons (Fsp3) is 0.0909. The highest BCUT2D eigenvalue weighted by atomic mass is 79.9. The van der Waals surface area contributed by atoms with Crippen LogP contribution in [0.25, 0.3) is 0 Å². The van der Waals surface area contributed by atoms with E-state index in [1.165, 1.54) is 6.21 Å². The first-order valence-electron chi connectivity index (χ1n) is 8.80. The van der Waals surface area contributed by atoms with Crippen LogP contribution in [0.15, 0.2) is 70.2 Å². The summed E-state index contributed by atoms with van der Waals surface area (Å²) in [6.07, 6.45) is 1.52. The van der Waals surface area contributed by atoms with E-state index in [0.717, 1.165) is 10.0 Å². The summed E-state index contributed by atoms with van der Waals surface area (Å²) >= 11 is 15.5. The number of nitrogens with zero attached hydrogens (tertiary/aromatic N) is 1. The van der Waals surface area contributed by atoms with Gasteiger partial charge in [0.25, 0.3) is 5.91 Å². The van der Waals surface area contributed by atoms with Gasteiger partial charge in [0.15, 0.2) is 11.5 Å². The molecule has 0 heterocycles. The van der Waals surface area contributed by atoms with Gasteiger partial charge in [-0.1, -0.05) is 47.5 Å². The van der Waals surface area contributed by atoms with Crippen LogP contribution in [0.1, 0.15) is 21.5 Å². The molecule has 8 heteroatoms. The maximum atomic E-state index is 12.1. The minimum atomic E-state index is -0.295. The van der Waals surface area contributed by atoms with E-state index in [-0.39, 0.29) is 5.91 Å². The molecule has 154 valence electrons. The molecule has 0 saturated carbocycles. The number of benzene rings is 3. The van der Waals surface area contributed by atoms with Gasteiger partial charge in [-0.3, -0.25) is 4.79 Å². The molecule has 3 aromatic carbocycles. The van der Waals surface area contributed by atoms with Gasteiger partial charge < -0.3 is 9.47 Å². The maximum Gasteiger partial charge on any atom is 0.271 e. The molecule has 0 saturated heterocycles. The first-order valence-corrected chi connectivity index (χ1v) is 10.4. The van der Waals surface area contributed by atoms with E-state index in [1.54, 1.807) is 55.6 Å². The van der Waals surface area contributed by atoms with Crippen molar-refractivity contribution in [2.45, 2.75) is 6.61 Å². The molecule has 1 N–H and O–H groups in total. The number of hydrogen-bond acceptors (Lipinski definition) is 4. The minimum Gasteiger partial charge on any atom is -0.493 e. The van der Waals surface area contributed by atoms with Crippen molar-refractivity contribution < 1.29 is 14.3 Å². The first-order chi connectivity index (χ1) is 14.5. The molecule has 0 bridgehead atoms. The van der Waals surface area contributed by atoms with Gasteiger partial charge in [0.1, 0.15) is 6.61 Å². The summed E-state index contributed by atoms with van der Waals surface area (Å²) in [7, 11) is 1.55. The normalized spacial score (nSPS) is 10.8. The summed E-state index contributed by atoms with van der Waals surface area (Å²) < 4.78 is 12.0. The molecule has 0 spiro atoms. The number of halogens is 3. The lowest BCUT2D eigenvalue weighted by Gasteiger charge is -2.13. The minimum absolute atomic E-state index is 0.292. The third-order valence-corrected chi connectivity index (χ3v) is 5.49. The highest BCUT2D eigenvalue weighted by molar-refractivity contribution is 9.10.